The maximum Gasteiger partial charge on any atom is 0.242 e. The lowest BCUT2D eigenvalue weighted by Gasteiger charge is -2.25. The van der Waals surface area contributed by atoms with E-state index in [1.54, 1.807) is 6.92 Å². The molecule has 19 heavy (non-hydrogen) atoms. The fourth-order valence-electron chi connectivity index (χ4n) is 1.84. The van der Waals surface area contributed by atoms with Crippen LogP contribution in [0.2, 0.25) is 0 Å². The molecule has 1 atom stereocenters. The number of sulfonamides is 1. The van der Waals surface area contributed by atoms with Crippen LogP contribution in [-0.2, 0) is 10.0 Å². The lowest BCUT2D eigenvalue weighted by Crippen LogP contribution is -2.41. The zero-order chi connectivity index (χ0) is 14.7. The predicted molar refractivity (Wildman–Crippen MR) is 73.9 cm³/mol. The molecule has 108 valence electrons. The van der Waals surface area contributed by atoms with Crippen molar-refractivity contribution in [3.63, 3.8) is 0 Å². The zero-order valence-electron chi connectivity index (χ0n) is 11.4. The van der Waals surface area contributed by atoms with Crippen LogP contribution in [-0.4, -0.2) is 30.7 Å². The van der Waals surface area contributed by atoms with E-state index in [9.17, 15) is 13.5 Å². The topological polar surface area (TPSA) is 105 Å². The van der Waals surface area contributed by atoms with Gasteiger partial charge in [-0.3, -0.25) is 0 Å². The van der Waals surface area contributed by atoms with E-state index in [1.165, 1.54) is 18.3 Å². The van der Waals surface area contributed by atoms with Crippen LogP contribution in [0.15, 0.2) is 23.2 Å². The summed E-state index contributed by atoms with van der Waals surface area (Å²) in [6.07, 6.45) is 1.70. The highest BCUT2D eigenvalue weighted by Crippen LogP contribution is 2.16. The molecule has 0 bridgehead atoms. The number of rotatable bonds is 6. The summed E-state index contributed by atoms with van der Waals surface area (Å²) in [6, 6.07) is 2.79. The molecule has 0 spiro atoms. The molecule has 6 nitrogen and oxygen atoms in total. The molecule has 0 radical (unpaired) electrons. The van der Waals surface area contributed by atoms with E-state index in [0.717, 1.165) is 0 Å². The molecule has 4 N–H and O–H groups in total. The Morgan fingerprint density at radius 1 is 1.47 bits per heavy atom. The van der Waals surface area contributed by atoms with E-state index in [4.69, 9.17) is 5.73 Å². The molecule has 0 fully saturated rings. The van der Waals surface area contributed by atoms with Gasteiger partial charge in [0.25, 0.3) is 0 Å². The van der Waals surface area contributed by atoms with E-state index >= 15 is 0 Å². The van der Waals surface area contributed by atoms with Crippen molar-refractivity contribution in [1.82, 2.24) is 9.71 Å². The van der Waals surface area contributed by atoms with E-state index in [1.807, 2.05) is 13.8 Å². The summed E-state index contributed by atoms with van der Waals surface area (Å²) in [4.78, 5) is 3.76. The van der Waals surface area contributed by atoms with Crippen molar-refractivity contribution in [3.8, 4) is 0 Å². The fraction of sp³-hybridized carbons (Fsp3) is 0.583. The van der Waals surface area contributed by atoms with Gasteiger partial charge in [0, 0.05) is 12.7 Å². The molecule has 0 saturated carbocycles. The monoisotopic (exact) mass is 287 g/mol. The molecule has 0 aliphatic rings. The van der Waals surface area contributed by atoms with Crippen molar-refractivity contribution < 1.29 is 13.5 Å². The molecule has 0 aliphatic carbocycles. The van der Waals surface area contributed by atoms with Crippen molar-refractivity contribution in [2.75, 3.05) is 12.3 Å². The van der Waals surface area contributed by atoms with Crippen LogP contribution < -0.4 is 10.5 Å². The lowest BCUT2D eigenvalue weighted by atomic mass is 9.95. The quantitative estimate of drug-likeness (QED) is 0.715. The second-order valence-corrected chi connectivity index (χ2v) is 7.11. The van der Waals surface area contributed by atoms with Gasteiger partial charge in [0.05, 0.1) is 5.60 Å². The van der Waals surface area contributed by atoms with Gasteiger partial charge >= 0.3 is 0 Å². The lowest BCUT2D eigenvalue weighted by molar-refractivity contribution is 0.0437. The minimum atomic E-state index is -3.67. The fourth-order valence-corrected chi connectivity index (χ4v) is 2.94. The molecule has 1 aromatic rings. The van der Waals surface area contributed by atoms with Gasteiger partial charge in [-0.05, 0) is 31.4 Å². The standard InChI is InChI=1S/C12H21N3O3S/c1-9(2)6-12(3,16)8-15-19(17,18)10-4-5-11(13)14-7-10/h4-5,7,9,15-16H,6,8H2,1-3H3,(H2,13,14). The van der Waals surface area contributed by atoms with Crippen molar-refractivity contribution >= 4 is 15.8 Å². The Morgan fingerprint density at radius 2 is 2.11 bits per heavy atom. The van der Waals surface area contributed by atoms with Crippen molar-refractivity contribution in [1.29, 1.82) is 0 Å². The van der Waals surface area contributed by atoms with Gasteiger partial charge in [0.15, 0.2) is 0 Å². The third-order valence-electron chi connectivity index (χ3n) is 2.56. The van der Waals surface area contributed by atoms with Crippen molar-refractivity contribution in [2.45, 2.75) is 37.7 Å². The highest BCUT2D eigenvalue weighted by atomic mass is 32.2. The van der Waals surface area contributed by atoms with Gasteiger partial charge < -0.3 is 10.8 Å². The van der Waals surface area contributed by atoms with E-state index < -0.39 is 15.6 Å². The number of nitrogen functional groups attached to an aromatic ring is 1. The van der Waals surface area contributed by atoms with Gasteiger partial charge in [0.1, 0.15) is 10.7 Å². The summed E-state index contributed by atoms with van der Waals surface area (Å²) in [5.41, 5.74) is 4.32. The number of aromatic nitrogens is 1. The molecule has 0 saturated heterocycles. The molecule has 1 heterocycles. The second kappa shape index (κ2) is 5.85. The average Bonchev–Trinajstić information content (AvgIpc) is 2.26. The number of pyridine rings is 1. The Labute approximate surface area is 114 Å². The third-order valence-corrected chi connectivity index (χ3v) is 3.95. The smallest absolute Gasteiger partial charge is 0.242 e. The summed E-state index contributed by atoms with van der Waals surface area (Å²) in [5, 5.41) is 10.1. The highest BCUT2D eigenvalue weighted by Gasteiger charge is 2.25. The number of anilines is 1. The number of hydrogen-bond donors (Lipinski definition) is 3. The van der Waals surface area contributed by atoms with Crippen molar-refractivity contribution in [2.24, 2.45) is 5.92 Å². The van der Waals surface area contributed by atoms with Crippen LogP contribution in [0.25, 0.3) is 0 Å². The summed E-state index contributed by atoms with van der Waals surface area (Å²) < 4.78 is 26.3. The Morgan fingerprint density at radius 3 is 2.58 bits per heavy atom. The number of hydrogen-bond acceptors (Lipinski definition) is 5. The van der Waals surface area contributed by atoms with Crippen LogP contribution in [0.1, 0.15) is 27.2 Å². The number of nitrogens with zero attached hydrogens (tertiary/aromatic N) is 1. The third kappa shape index (κ3) is 5.14. The summed E-state index contributed by atoms with van der Waals surface area (Å²) in [5.74, 6) is 0.531. The first-order valence-corrected chi connectivity index (χ1v) is 7.54. The van der Waals surface area contributed by atoms with Crippen LogP contribution in [0.4, 0.5) is 5.82 Å². The minimum absolute atomic E-state index is 0.0297. The van der Waals surface area contributed by atoms with Crippen LogP contribution in [0.3, 0.4) is 0 Å². The molecule has 0 amide bonds. The number of nitrogens with two attached hydrogens (primary N) is 1. The predicted octanol–water partition coefficient (Wildman–Crippen LogP) is 0.739. The minimum Gasteiger partial charge on any atom is -0.389 e. The largest absolute Gasteiger partial charge is 0.389 e. The molecule has 1 rings (SSSR count). The van der Waals surface area contributed by atoms with E-state index in [0.29, 0.717) is 6.42 Å². The first kappa shape index (κ1) is 15.9. The Hall–Kier alpha value is -1.18. The Kier molecular flexibility index (Phi) is 4.89. The molecule has 1 unspecified atom stereocenters. The molecular formula is C12H21N3O3S. The first-order valence-electron chi connectivity index (χ1n) is 6.06. The normalized spacial score (nSPS) is 15.4. The second-order valence-electron chi connectivity index (χ2n) is 5.34. The first-order chi connectivity index (χ1) is 8.62. The van der Waals surface area contributed by atoms with Crippen LogP contribution in [0.5, 0.6) is 0 Å². The van der Waals surface area contributed by atoms with E-state index in [2.05, 4.69) is 9.71 Å². The highest BCUT2D eigenvalue weighted by molar-refractivity contribution is 7.89. The Balaban J connectivity index is 2.73. The molecule has 7 heteroatoms. The molecular weight excluding hydrogens is 266 g/mol. The summed E-state index contributed by atoms with van der Waals surface area (Å²) in [6.45, 7) is 5.49. The van der Waals surface area contributed by atoms with Gasteiger partial charge in [-0.2, -0.15) is 0 Å². The number of aliphatic hydroxyl groups is 1. The maximum atomic E-state index is 12.0. The molecule has 1 aromatic heterocycles. The summed E-state index contributed by atoms with van der Waals surface area (Å²) >= 11 is 0. The molecule has 0 aliphatic heterocycles. The molecule has 0 aromatic carbocycles. The van der Waals surface area contributed by atoms with Gasteiger partial charge in [-0.1, -0.05) is 13.8 Å². The van der Waals surface area contributed by atoms with Gasteiger partial charge in [0.2, 0.25) is 10.0 Å². The SMILES string of the molecule is CC(C)CC(C)(O)CNS(=O)(=O)c1ccc(N)nc1. The van der Waals surface area contributed by atoms with E-state index in [-0.39, 0.29) is 23.2 Å². The van der Waals surface area contributed by atoms with Crippen LogP contribution >= 0.6 is 0 Å². The Bertz CT molecular complexity index is 510. The van der Waals surface area contributed by atoms with Crippen molar-refractivity contribution in [3.05, 3.63) is 18.3 Å². The van der Waals surface area contributed by atoms with Gasteiger partial charge in [-0.25, -0.2) is 18.1 Å². The van der Waals surface area contributed by atoms with Gasteiger partial charge in [-0.15, -0.1) is 0 Å². The van der Waals surface area contributed by atoms with Crippen LogP contribution in [0, 0.1) is 5.92 Å². The maximum absolute atomic E-state index is 12.0. The average molecular weight is 287 g/mol. The summed E-state index contributed by atoms with van der Waals surface area (Å²) in [7, 11) is -3.67. The zero-order valence-corrected chi connectivity index (χ0v) is 12.2. The number of nitrogens with one attached hydrogen (secondary N) is 1.